The number of pyridine rings is 1. The van der Waals surface area contributed by atoms with Crippen LogP contribution in [0.3, 0.4) is 0 Å². The number of rotatable bonds is 5. The van der Waals surface area contributed by atoms with Gasteiger partial charge in [-0.15, -0.1) is 11.3 Å². The van der Waals surface area contributed by atoms with Gasteiger partial charge in [0.1, 0.15) is 10.8 Å². The van der Waals surface area contributed by atoms with Gasteiger partial charge in [-0.1, -0.05) is 12.1 Å². The summed E-state index contributed by atoms with van der Waals surface area (Å²) in [4.78, 5) is 23.7. The Morgan fingerprint density at radius 2 is 1.67 bits per heavy atom. The minimum Gasteiger partial charge on any atom is -0.353 e. The predicted molar refractivity (Wildman–Crippen MR) is 136 cm³/mol. The number of anilines is 1. The Morgan fingerprint density at radius 1 is 0.818 bits per heavy atom. The molecule has 6 nitrogen and oxygen atoms in total. The maximum atomic E-state index is 4.99. The number of nitrogens with zero attached hydrogens (tertiary/aromatic N) is 6. The van der Waals surface area contributed by atoms with Crippen LogP contribution in [0, 0.1) is 0 Å². The van der Waals surface area contributed by atoms with Crippen molar-refractivity contribution in [1.29, 1.82) is 0 Å². The van der Waals surface area contributed by atoms with E-state index in [1.54, 1.807) is 35.1 Å². The smallest absolute Gasteiger partial charge is 0.162 e. The summed E-state index contributed by atoms with van der Waals surface area (Å²) in [6.45, 7) is 4.71. The van der Waals surface area contributed by atoms with E-state index >= 15 is 0 Å². The molecule has 164 valence electrons. The first kappa shape index (κ1) is 20.4. The molecule has 8 heteroatoms. The average Bonchev–Trinajstić information content (AvgIpc) is 3.57. The summed E-state index contributed by atoms with van der Waals surface area (Å²) < 4.78 is 0. The number of thiophene rings is 1. The molecule has 4 aromatic heterocycles. The molecule has 1 fully saturated rings. The second kappa shape index (κ2) is 8.97. The van der Waals surface area contributed by atoms with Gasteiger partial charge >= 0.3 is 0 Å². The monoisotopic (exact) mass is 470 g/mol. The minimum atomic E-state index is 0.747. The van der Waals surface area contributed by atoms with E-state index in [4.69, 9.17) is 15.0 Å². The van der Waals surface area contributed by atoms with Crippen molar-refractivity contribution in [1.82, 2.24) is 24.8 Å². The quantitative estimate of drug-likeness (QED) is 0.352. The lowest BCUT2D eigenvalue weighted by Gasteiger charge is -2.35. The van der Waals surface area contributed by atoms with Gasteiger partial charge in [0.2, 0.25) is 0 Å². The zero-order chi connectivity index (χ0) is 22.0. The Bertz CT molecular complexity index is 1360. The molecular weight excluding hydrogens is 448 g/mol. The Labute approximate surface area is 200 Å². The van der Waals surface area contributed by atoms with E-state index in [9.17, 15) is 0 Å². The maximum Gasteiger partial charge on any atom is 0.162 e. The maximum absolute atomic E-state index is 4.99. The van der Waals surface area contributed by atoms with Crippen LogP contribution in [-0.4, -0.2) is 51.0 Å². The summed E-state index contributed by atoms with van der Waals surface area (Å²) in [5, 5.41) is 8.67. The molecule has 6 rings (SSSR count). The summed E-state index contributed by atoms with van der Waals surface area (Å²) in [5.74, 6) is 1.76. The number of fused-ring (bicyclic) bond motifs is 1. The highest BCUT2D eigenvalue weighted by Gasteiger charge is 2.22. The van der Waals surface area contributed by atoms with Gasteiger partial charge in [-0.25, -0.2) is 15.0 Å². The van der Waals surface area contributed by atoms with E-state index in [0.717, 1.165) is 71.5 Å². The van der Waals surface area contributed by atoms with Gasteiger partial charge in [0.25, 0.3) is 0 Å². The van der Waals surface area contributed by atoms with Gasteiger partial charge in [0.05, 0.1) is 11.2 Å². The van der Waals surface area contributed by atoms with E-state index in [1.807, 2.05) is 18.2 Å². The van der Waals surface area contributed by atoms with E-state index in [2.05, 4.69) is 55.2 Å². The molecule has 1 saturated heterocycles. The molecule has 33 heavy (non-hydrogen) atoms. The molecule has 0 spiro atoms. The highest BCUT2D eigenvalue weighted by atomic mass is 32.1. The molecule has 1 aliphatic rings. The van der Waals surface area contributed by atoms with E-state index in [-0.39, 0.29) is 0 Å². The Balaban J connectivity index is 1.20. The second-order valence-electron chi connectivity index (χ2n) is 8.04. The average molecular weight is 471 g/mol. The molecule has 0 aliphatic carbocycles. The van der Waals surface area contributed by atoms with Gasteiger partial charge in [-0.3, -0.25) is 9.88 Å². The largest absolute Gasteiger partial charge is 0.353 e. The van der Waals surface area contributed by atoms with Crippen molar-refractivity contribution in [2.45, 2.75) is 6.54 Å². The third-order valence-electron chi connectivity index (χ3n) is 5.90. The number of aromatic nitrogens is 4. The zero-order valence-corrected chi connectivity index (χ0v) is 19.6. The lowest BCUT2D eigenvalue weighted by Crippen LogP contribution is -2.46. The number of piperazine rings is 1. The first-order valence-corrected chi connectivity index (χ1v) is 12.8. The topological polar surface area (TPSA) is 58.0 Å². The molecule has 0 radical (unpaired) electrons. The normalized spacial score (nSPS) is 14.7. The number of para-hydroxylation sites is 1. The van der Waals surface area contributed by atoms with E-state index in [0.29, 0.717) is 0 Å². The van der Waals surface area contributed by atoms with Crippen LogP contribution in [0.2, 0.25) is 0 Å². The van der Waals surface area contributed by atoms with Crippen molar-refractivity contribution >= 4 is 39.4 Å². The van der Waals surface area contributed by atoms with Crippen molar-refractivity contribution < 1.29 is 0 Å². The third kappa shape index (κ3) is 4.25. The predicted octanol–water partition coefficient (Wildman–Crippen LogP) is 5.20. The van der Waals surface area contributed by atoms with Crippen LogP contribution in [0.5, 0.6) is 0 Å². The first-order chi connectivity index (χ1) is 16.3. The van der Waals surface area contributed by atoms with Crippen molar-refractivity contribution in [3.8, 4) is 22.0 Å². The summed E-state index contributed by atoms with van der Waals surface area (Å²) in [6.07, 6.45) is 3.57. The number of hydrogen-bond donors (Lipinski definition) is 0. The van der Waals surface area contributed by atoms with E-state index < -0.39 is 0 Å². The van der Waals surface area contributed by atoms with Gasteiger partial charge in [0.15, 0.2) is 5.82 Å². The lowest BCUT2D eigenvalue weighted by molar-refractivity contribution is 0.247. The standard InChI is InChI=1S/C25H22N6S2/c1-2-4-22-21(3-1)24(29-23(28-22)18-5-8-26-9-6-18)31-12-10-30(11-13-31)15-20-17-33-25(27-20)19-7-14-32-16-19/h1-9,14,16-17H,10-13,15H2. The van der Waals surface area contributed by atoms with Crippen LogP contribution in [0.15, 0.2) is 71.0 Å². The van der Waals surface area contributed by atoms with Crippen molar-refractivity contribution in [2.24, 2.45) is 0 Å². The Hall–Kier alpha value is -3.20. The van der Waals surface area contributed by atoms with Crippen LogP contribution < -0.4 is 4.90 Å². The summed E-state index contributed by atoms with van der Waals surface area (Å²) in [6, 6.07) is 14.3. The van der Waals surface area contributed by atoms with Gasteiger partial charge in [0, 0.05) is 72.4 Å². The van der Waals surface area contributed by atoms with Crippen LogP contribution in [0.4, 0.5) is 5.82 Å². The van der Waals surface area contributed by atoms with Gasteiger partial charge in [-0.2, -0.15) is 11.3 Å². The second-order valence-corrected chi connectivity index (χ2v) is 9.68. The van der Waals surface area contributed by atoms with Crippen LogP contribution in [0.1, 0.15) is 5.69 Å². The number of hydrogen-bond acceptors (Lipinski definition) is 8. The lowest BCUT2D eigenvalue weighted by atomic mass is 10.2. The molecule has 0 amide bonds. The van der Waals surface area contributed by atoms with Crippen LogP contribution in [-0.2, 0) is 6.54 Å². The fourth-order valence-corrected chi connectivity index (χ4v) is 5.70. The SMILES string of the molecule is c1ccc2c(N3CCN(Cc4csc(-c5ccsc5)n4)CC3)nc(-c3ccncc3)nc2c1. The molecule has 0 atom stereocenters. The molecule has 0 unspecified atom stereocenters. The molecule has 5 heterocycles. The molecule has 0 bridgehead atoms. The molecule has 0 saturated carbocycles. The zero-order valence-electron chi connectivity index (χ0n) is 18.0. The molecule has 5 aromatic rings. The number of thiazole rings is 1. The van der Waals surface area contributed by atoms with Crippen molar-refractivity contribution in [3.05, 3.63) is 76.7 Å². The van der Waals surface area contributed by atoms with E-state index in [1.165, 1.54) is 5.56 Å². The summed E-state index contributed by atoms with van der Waals surface area (Å²) in [5.41, 5.74) is 4.34. The molecule has 1 aromatic carbocycles. The molecular formula is C25H22N6S2. The van der Waals surface area contributed by atoms with Crippen LogP contribution in [0.25, 0.3) is 32.9 Å². The van der Waals surface area contributed by atoms with Gasteiger partial charge < -0.3 is 4.90 Å². The molecule has 0 N–H and O–H groups in total. The summed E-state index contributed by atoms with van der Waals surface area (Å²) in [7, 11) is 0. The van der Waals surface area contributed by atoms with Gasteiger partial charge in [-0.05, 0) is 35.7 Å². The fraction of sp³-hybridized carbons (Fsp3) is 0.200. The first-order valence-electron chi connectivity index (χ1n) is 10.9. The molecule has 1 aliphatic heterocycles. The minimum absolute atomic E-state index is 0.747. The van der Waals surface area contributed by atoms with Crippen molar-refractivity contribution in [2.75, 3.05) is 31.1 Å². The van der Waals surface area contributed by atoms with Crippen LogP contribution >= 0.6 is 22.7 Å². The Morgan fingerprint density at radius 3 is 2.48 bits per heavy atom. The van der Waals surface area contributed by atoms with Crippen molar-refractivity contribution in [3.63, 3.8) is 0 Å². The third-order valence-corrected chi connectivity index (χ3v) is 7.52. The summed E-state index contributed by atoms with van der Waals surface area (Å²) >= 11 is 3.45. The number of benzene rings is 1. The highest BCUT2D eigenvalue weighted by Crippen LogP contribution is 2.29. The Kier molecular flexibility index (Phi) is 5.55. The fourth-order valence-electron chi connectivity index (χ4n) is 4.18. The highest BCUT2D eigenvalue weighted by molar-refractivity contribution is 7.14.